The van der Waals surface area contributed by atoms with E-state index in [1.165, 1.54) is 13.0 Å². The number of benzene rings is 2. The lowest BCUT2D eigenvalue weighted by Crippen LogP contribution is -2.46. The number of hydrogen-bond acceptors (Lipinski definition) is 12. The molecule has 0 unspecified atom stereocenters. The van der Waals surface area contributed by atoms with Crippen LogP contribution in [0.5, 0.6) is 0 Å². The highest BCUT2D eigenvalue weighted by atomic mass is 32.2. The highest BCUT2D eigenvalue weighted by molar-refractivity contribution is 7.93. The summed E-state index contributed by atoms with van der Waals surface area (Å²) in [5, 5.41) is 3.08. The summed E-state index contributed by atoms with van der Waals surface area (Å²) in [7, 11) is -21.3. The monoisotopic (exact) mass is 964 g/mol. The second-order valence-electron chi connectivity index (χ2n) is 16.0. The highest BCUT2D eigenvalue weighted by Gasteiger charge is 2.25. The third-order valence-electron chi connectivity index (χ3n) is 7.94. The number of carbonyl (C=O) groups excluding carboxylic acids is 1. The summed E-state index contributed by atoms with van der Waals surface area (Å²) in [5.74, 6) is -0.498. The van der Waals surface area contributed by atoms with E-state index in [-0.39, 0.29) is 31.2 Å². The molecule has 0 bridgehead atoms. The van der Waals surface area contributed by atoms with Crippen molar-refractivity contribution in [3.05, 3.63) is 118 Å². The molecule has 0 saturated heterocycles. The van der Waals surface area contributed by atoms with Gasteiger partial charge in [-0.15, -0.1) is 0 Å². The van der Waals surface area contributed by atoms with Crippen LogP contribution < -0.4 is 28.3 Å². The normalized spacial score (nSPS) is 15.8. The van der Waals surface area contributed by atoms with Crippen LogP contribution in [0.3, 0.4) is 0 Å². The smallest absolute Gasteiger partial charge is 0.422 e. The minimum Gasteiger partial charge on any atom is -0.443 e. The zero-order valence-electron chi connectivity index (χ0n) is 35.9. The number of rotatable bonds is 25. The first-order chi connectivity index (χ1) is 28.4. The Morgan fingerprint density at radius 3 is 1.61 bits per heavy atom. The highest BCUT2D eigenvalue weighted by Crippen LogP contribution is 2.13. The number of ether oxygens (including phenoxy) is 1. The summed E-state index contributed by atoms with van der Waals surface area (Å²) in [5.41, 5.74) is 0.385. The average Bonchev–Trinajstić information content (AvgIpc) is 3.12. The van der Waals surface area contributed by atoms with Crippen molar-refractivity contribution in [1.82, 2.24) is 28.3 Å². The molecule has 0 fully saturated rings. The van der Waals surface area contributed by atoms with Gasteiger partial charge in [-0.25, -0.2) is 62.1 Å². The van der Waals surface area contributed by atoms with Crippen LogP contribution in [-0.4, -0.2) is 78.0 Å². The fourth-order valence-corrected chi connectivity index (χ4v) is 10.3. The molecule has 18 nitrogen and oxygen atoms in total. The Kier molecular flexibility index (Phi) is 20.8. The van der Waals surface area contributed by atoms with Gasteiger partial charge >= 0.3 is 16.3 Å². The van der Waals surface area contributed by atoms with Crippen molar-refractivity contribution in [3.8, 4) is 0 Å². The number of nitrogens with one attached hydrogen (secondary N) is 6. The molecule has 0 radical (unpaired) electrons. The Labute approximate surface area is 368 Å². The van der Waals surface area contributed by atoms with Crippen molar-refractivity contribution in [2.24, 2.45) is 11.8 Å². The van der Waals surface area contributed by atoms with Gasteiger partial charge in [0.1, 0.15) is 5.60 Å². The minimum absolute atomic E-state index is 0.00296. The molecule has 0 saturated carbocycles. The van der Waals surface area contributed by atoms with Gasteiger partial charge in [-0.1, -0.05) is 113 Å². The maximum Gasteiger partial charge on any atom is 0.422 e. The summed E-state index contributed by atoms with van der Waals surface area (Å²) in [6.07, 6.45) is 3.34. The maximum absolute atomic E-state index is 13.3. The topological polar surface area (TPSA) is 269 Å². The van der Waals surface area contributed by atoms with Crippen LogP contribution in [0.1, 0.15) is 72.9 Å². The summed E-state index contributed by atoms with van der Waals surface area (Å²) < 4.78 is 148. The molecule has 0 aromatic heterocycles. The molecule has 62 heavy (non-hydrogen) atoms. The number of hydrogen-bond donors (Lipinski definition) is 6. The van der Waals surface area contributed by atoms with E-state index in [1.54, 1.807) is 114 Å². The third kappa shape index (κ3) is 24.2. The summed E-state index contributed by atoms with van der Waals surface area (Å²) in [6, 6.07) is 13.1. The number of sulfonamides is 4. The van der Waals surface area contributed by atoms with Gasteiger partial charge in [0.15, 0.2) is 0 Å². The van der Waals surface area contributed by atoms with Crippen molar-refractivity contribution in [2.45, 2.75) is 105 Å². The van der Waals surface area contributed by atoms with Crippen LogP contribution in [0.2, 0.25) is 0 Å². The zero-order valence-corrected chi connectivity index (χ0v) is 40.0. The molecule has 1 amide bonds. The largest absolute Gasteiger partial charge is 0.443 e. The molecule has 6 N–H and O–H groups in total. The molecule has 0 spiro atoms. The Balaban J connectivity index is 2.20. The molecule has 23 heteroatoms. The van der Waals surface area contributed by atoms with Crippen LogP contribution >= 0.6 is 0 Å². The lowest BCUT2D eigenvalue weighted by Gasteiger charge is -2.21. The minimum atomic E-state index is -4.50. The fourth-order valence-electron chi connectivity index (χ4n) is 5.18. The quantitative estimate of drug-likeness (QED) is 0.0832. The first kappa shape index (κ1) is 54.4. The molecule has 2 rings (SSSR count). The Morgan fingerprint density at radius 1 is 0.597 bits per heavy atom. The van der Waals surface area contributed by atoms with E-state index >= 15 is 0 Å². The molecular weight excluding hydrogens is 905 g/mol. The fraction of sp³-hybridized carbons (Fsp3) is 0.462. The van der Waals surface area contributed by atoms with E-state index in [0.29, 0.717) is 5.56 Å². The van der Waals surface area contributed by atoms with Crippen LogP contribution in [0, 0.1) is 11.8 Å². The third-order valence-corrected chi connectivity index (χ3v) is 13.5. The van der Waals surface area contributed by atoms with E-state index in [0.717, 1.165) is 45.4 Å². The first-order valence-electron chi connectivity index (χ1n) is 19.3. The van der Waals surface area contributed by atoms with Gasteiger partial charge < -0.3 is 4.74 Å². The predicted octanol–water partition coefficient (Wildman–Crippen LogP) is 3.72. The molecule has 2 aromatic carbocycles. The zero-order chi connectivity index (χ0) is 47.0. The van der Waals surface area contributed by atoms with Crippen molar-refractivity contribution < 1.29 is 51.6 Å². The maximum atomic E-state index is 13.3. The summed E-state index contributed by atoms with van der Waals surface area (Å²) in [6.45, 7) is 12.9. The lowest BCUT2D eigenvalue weighted by atomic mass is 10.1. The van der Waals surface area contributed by atoms with Gasteiger partial charge in [0.05, 0.1) is 0 Å². The van der Waals surface area contributed by atoms with E-state index in [9.17, 15) is 46.9 Å². The lowest BCUT2D eigenvalue weighted by molar-refractivity contribution is 0.0569. The van der Waals surface area contributed by atoms with E-state index < -0.39 is 86.2 Å². The van der Waals surface area contributed by atoms with Crippen molar-refractivity contribution >= 4 is 56.4 Å². The van der Waals surface area contributed by atoms with Gasteiger partial charge in [0.2, 0.25) is 40.1 Å². The van der Waals surface area contributed by atoms with Gasteiger partial charge in [-0.3, -0.25) is 0 Å². The van der Waals surface area contributed by atoms with Gasteiger partial charge in [-0.2, -0.15) is 13.1 Å². The van der Waals surface area contributed by atoms with Gasteiger partial charge in [0, 0.05) is 52.3 Å². The van der Waals surface area contributed by atoms with E-state index in [2.05, 4.69) is 23.6 Å². The Bertz CT molecular complexity index is 2440. The standard InChI is InChI=1S/C39H60N6O12S5/c1-30(2)27-35(43-62(55,56)45-38(46)57-39(6,7)8)20-25-60(51,52)42-36(28-33-15-11-9-12-16-33)21-24-59(49,50)41-32(5)19-23-61(53,54)44-37(31(3)4)22-26-58(47,48)40-29-34-17-13-10-14-18-34/h9-26,30-32,35-37,40-44H,27-29H2,1-8H3,(H,45,46)/b23-19+,24-21+,25-20+,26-22+/t32-,35+,36+,37+/m0/s1. The molecule has 2 aromatic rings. The molecular formula is C39H60N6O12S5. The van der Waals surface area contributed by atoms with Crippen molar-refractivity contribution in [3.63, 3.8) is 0 Å². The van der Waals surface area contributed by atoms with Crippen LogP contribution in [0.25, 0.3) is 0 Å². The van der Waals surface area contributed by atoms with Gasteiger partial charge in [0.25, 0.3) is 0 Å². The first-order valence-corrected chi connectivity index (χ1v) is 27.0. The SMILES string of the molecule is CC(C)C[C@@H](/C=C/S(=O)(=O)N[C@H](/C=C/S(=O)(=O)N[C@@H](C)/C=C/S(=O)(=O)N[C@H](/C=C/S(=O)(=O)NCc1ccccc1)C(C)C)Cc1ccccc1)NS(=O)(=O)NC(=O)OC(C)(C)C. The average molecular weight is 965 g/mol. The summed E-state index contributed by atoms with van der Waals surface area (Å²) in [4.78, 5) is 12.1. The Hall–Kier alpha value is -3.78. The molecule has 0 aliphatic carbocycles. The van der Waals surface area contributed by atoms with Crippen molar-refractivity contribution in [1.29, 1.82) is 0 Å². The van der Waals surface area contributed by atoms with Crippen LogP contribution in [0.4, 0.5) is 4.79 Å². The second-order valence-corrected chi connectivity index (χ2v) is 23.9. The van der Waals surface area contributed by atoms with E-state index in [4.69, 9.17) is 4.74 Å². The second kappa shape index (κ2) is 23.8. The molecule has 0 heterocycles. The number of carbonyl (C=O) groups is 1. The molecule has 4 atom stereocenters. The van der Waals surface area contributed by atoms with Crippen LogP contribution in [0.15, 0.2) is 107 Å². The molecule has 348 valence electrons. The molecule has 0 aliphatic heterocycles. The number of amides is 1. The summed E-state index contributed by atoms with van der Waals surface area (Å²) >= 11 is 0. The van der Waals surface area contributed by atoms with E-state index in [1.807, 2.05) is 0 Å². The van der Waals surface area contributed by atoms with Crippen molar-refractivity contribution in [2.75, 3.05) is 0 Å². The van der Waals surface area contributed by atoms with Crippen LogP contribution in [-0.2, 0) is 68.0 Å². The Morgan fingerprint density at radius 2 is 1.08 bits per heavy atom. The predicted molar refractivity (Wildman–Crippen MR) is 242 cm³/mol. The molecule has 0 aliphatic rings. The van der Waals surface area contributed by atoms with Gasteiger partial charge in [-0.05, 0) is 63.5 Å².